The molecular weight excluding hydrogens is 299 g/mol. The molecule has 7 heteroatoms. The van der Waals surface area contributed by atoms with E-state index in [4.69, 9.17) is 9.84 Å². The number of halogens is 3. The number of alkyl halides is 3. The molecule has 0 spiro atoms. The third-order valence-electron chi connectivity index (χ3n) is 3.67. The number of piperidine rings is 1. The zero-order chi connectivity index (χ0) is 16.2. The molecule has 0 radical (unpaired) electrons. The molecule has 1 aliphatic heterocycles. The Bertz CT molecular complexity index is 511. The van der Waals surface area contributed by atoms with Gasteiger partial charge in [-0.25, -0.2) is 0 Å². The molecule has 1 amide bonds. The smallest absolute Gasteiger partial charge is 0.422 e. The first-order valence-electron chi connectivity index (χ1n) is 7.09. The fraction of sp³-hybridized carbons (Fsp3) is 0.533. The normalized spacial score (nSPS) is 16.6. The highest BCUT2D eigenvalue weighted by Crippen LogP contribution is 2.25. The van der Waals surface area contributed by atoms with Gasteiger partial charge in [0, 0.05) is 19.7 Å². The van der Waals surface area contributed by atoms with Crippen molar-refractivity contribution in [3.05, 3.63) is 29.8 Å². The highest BCUT2D eigenvalue weighted by molar-refractivity contribution is 5.97. The van der Waals surface area contributed by atoms with Gasteiger partial charge in [-0.1, -0.05) is 12.1 Å². The number of nitrogens with zero attached hydrogens (tertiary/aromatic N) is 1. The Kier molecular flexibility index (Phi) is 5.28. The molecular formula is C15H18F3NO3. The Hall–Kier alpha value is -1.76. The molecule has 1 aliphatic rings. The van der Waals surface area contributed by atoms with E-state index in [1.54, 1.807) is 11.0 Å². The van der Waals surface area contributed by atoms with Crippen molar-refractivity contribution >= 4 is 5.91 Å². The van der Waals surface area contributed by atoms with Gasteiger partial charge in [0.05, 0.1) is 5.56 Å². The number of aliphatic hydroxyl groups excluding tert-OH is 1. The molecule has 2 rings (SSSR count). The lowest BCUT2D eigenvalue weighted by molar-refractivity contribution is -0.153. The zero-order valence-electron chi connectivity index (χ0n) is 12.0. The van der Waals surface area contributed by atoms with Crippen LogP contribution in [0.4, 0.5) is 13.2 Å². The van der Waals surface area contributed by atoms with Crippen LogP contribution in [-0.2, 0) is 0 Å². The van der Waals surface area contributed by atoms with Crippen molar-refractivity contribution in [2.75, 3.05) is 26.3 Å². The van der Waals surface area contributed by atoms with Crippen molar-refractivity contribution in [3.8, 4) is 5.75 Å². The lowest BCUT2D eigenvalue weighted by atomic mass is 9.97. The molecule has 1 N–H and O–H groups in total. The van der Waals surface area contributed by atoms with Crippen molar-refractivity contribution in [3.63, 3.8) is 0 Å². The van der Waals surface area contributed by atoms with Gasteiger partial charge in [-0.3, -0.25) is 4.79 Å². The van der Waals surface area contributed by atoms with Crippen molar-refractivity contribution in [1.82, 2.24) is 4.90 Å². The Labute approximate surface area is 126 Å². The van der Waals surface area contributed by atoms with Gasteiger partial charge in [-0.05, 0) is 30.9 Å². The second kappa shape index (κ2) is 7.00. The second-order valence-electron chi connectivity index (χ2n) is 5.32. The third-order valence-corrected chi connectivity index (χ3v) is 3.67. The van der Waals surface area contributed by atoms with Gasteiger partial charge in [0.1, 0.15) is 5.75 Å². The molecule has 0 aliphatic carbocycles. The summed E-state index contributed by atoms with van der Waals surface area (Å²) in [6, 6.07) is 5.94. The fourth-order valence-electron chi connectivity index (χ4n) is 2.42. The number of carbonyl (C=O) groups is 1. The molecule has 4 nitrogen and oxygen atoms in total. The molecule has 0 aromatic heterocycles. The third kappa shape index (κ3) is 4.37. The van der Waals surface area contributed by atoms with Gasteiger partial charge in [-0.2, -0.15) is 13.2 Å². The van der Waals surface area contributed by atoms with Crippen LogP contribution < -0.4 is 4.74 Å². The summed E-state index contributed by atoms with van der Waals surface area (Å²) in [4.78, 5) is 14.0. The molecule has 1 aromatic carbocycles. The van der Waals surface area contributed by atoms with Gasteiger partial charge in [0.15, 0.2) is 6.61 Å². The van der Waals surface area contributed by atoms with Gasteiger partial charge >= 0.3 is 6.18 Å². The first-order valence-corrected chi connectivity index (χ1v) is 7.09. The zero-order valence-corrected chi connectivity index (χ0v) is 12.0. The summed E-state index contributed by atoms with van der Waals surface area (Å²) in [5.74, 6) is -0.218. The van der Waals surface area contributed by atoms with Crippen LogP contribution in [0.25, 0.3) is 0 Å². The van der Waals surface area contributed by atoms with Gasteiger partial charge in [0.2, 0.25) is 0 Å². The number of aliphatic hydroxyl groups is 1. The molecule has 0 saturated carbocycles. The molecule has 22 heavy (non-hydrogen) atoms. The monoisotopic (exact) mass is 317 g/mol. The second-order valence-corrected chi connectivity index (χ2v) is 5.32. The van der Waals surface area contributed by atoms with Crippen molar-refractivity contribution < 1.29 is 27.8 Å². The van der Waals surface area contributed by atoms with E-state index in [-0.39, 0.29) is 29.7 Å². The maximum Gasteiger partial charge on any atom is 0.422 e. The Morgan fingerprint density at radius 3 is 2.50 bits per heavy atom. The molecule has 1 saturated heterocycles. The maximum absolute atomic E-state index is 12.4. The average Bonchev–Trinajstić information content (AvgIpc) is 2.52. The molecule has 0 bridgehead atoms. The number of rotatable bonds is 4. The van der Waals surface area contributed by atoms with Gasteiger partial charge < -0.3 is 14.7 Å². The van der Waals surface area contributed by atoms with E-state index < -0.39 is 12.8 Å². The number of para-hydroxylation sites is 1. The van der Waals surface area contributed by atoms with Gasteiger partial charge in [-0.15, -0.1) is 0 Å². The molecule has 122 valence electrons. The van der Waals surface area contributed by atoms with E-state index in [1.807, 2.05) is 0 Å². The topological polar surface area (TPSA) is 49.8 Å². The standard InChI is InChI=1S/C15H18F3NO3/c16-15(17,18)10-22-13-4-2-1-3-12(13)14(21)19-7-5-11(9-20)6-8-19/h1-4,11,20H,5-10H2. The number of hydrogen-bond acceptors (Lipinski definition) is 3. The van der Waals surface area contributed by atoms with E-state index >= 15 is 0 Å². The Morgan fingerprint density at radius 1 is 1.27 bits per heavy atom. The molecule has 0 atom stereocenters. The number of hydrogen-bond donors (Lipinski definition) is 1. The van der Waals surface area contributed by atoms with E-state index in [0.29, 0.717) is 25.9 Å². The molecule has 1 heterocycles. The minimum absolute atomic E-state index is 0.0610. The fourth-order valence-corrected chi connectivity index (χ4v) is 2.42. The summed E-state index contributed by atoms with van der Waals surface area (Å²) < 4.78 is 41.5. The van der Waals surface area contributed by atoms with Crippen molar-refractivity contribution in [2.24, 2.45) is 5.92 Å². The lowest BCUT2D eigenvalue weighted by Crippen LogP contribution is -2.39. The van der Waals surface area contributed by atoms with Crippen LogP contribution in [0.3, 0.4) is 0 Å². The maximum atomic E-state index is 12.4. The molecule has 1 aromatic rings. The molecule has 1 fully saturated rings. The Morgan fingerprint density at radius 2 is 1.91 bits per heavy atom. The highest BCUT2D eigenvalue weighted by atomic mass is 19.4. The van der Waals surface area contributed by atoms with E-state index in [0.717, 1.165) is 0 Å². The minimum atomic E-state index is -4.45. The van der Waals surface area contributed by atoms with Crippen LogP contribution >= 0.6 is 0 Å². The summed E-state index contributed by atoms with van der Waals surface area (Å²) in [5.41, 5.74) is 0.134. The summed E-state index contributed by atoms with van der Waals surface area (Å²) in [7, 11) is 0. The first-order chi connectivity index (χ1) is 10.4. The van der Waals surface area contributed by atoms with Crippen LogP contribution in [-0.4, -0.2) is 48.4 Å². The number of carbonyl (C=O) groups excluding carboxylic acids is 1. The summed E-state index contributed by atoms with van der Waals surface area (Å²) in [6.07, 6.45) is -3.07. The summed E-state index contributed by atoms with van der Waals surface area (Å²) in [5, 5.41) is 9.09. The number of amides is 1. The number of benzene rings is 1. The Balaban J connectivity index is 2.06. The van der Waals surface area contributed by atoms with Crippen LogP contribution in [0.5, 0.6) is 5.75 Å². The van der Waals surface area contributed by atoms with E-state index in [9.17, 15) is 18.0 Å². The number of ether oxygens (including phenoxy) is 1. The lowest BCUT2D eigenvalue weighted by Gasteiger charge is -2.31. The highest BCUT2D eigenvalue weighted by Gasteiger charge is 2.30. The summed E-state index contributed by atoms with van der Waals surface area (Å²) >= 11 is 0. The predicted molar refractivity (Wildman–Crippen MR) is 73.7 cm³/mol. The first kappa shape index (κ1) is 16.6. The van der Waals surface area contributed by atoms with Crippen LogP contribution in [0.15, 0.2) is 24.3 Å². The molecule has 0 unspecified atom stereocenters. The van der Waals surface area contributed by atoms with Crippen molar-refractivity contribution in [2.45, 2.75) is 19.0 Å². The van der Waals surface area contributed by atoms with Crippen LogP contribution in [0.1, 0.15) is 23.2 Å². The van der Waals surface area contributed by atoms with Crippen LogP contribution in [0.2, 0.25) is 0 Å². The average molecular weight is 317 g/mol. The van der Waals surface area contributed by atoms with Crippen LogP contribution in [0, 0.1) is 5.92 Å². The SMILES string of the molecule is O=C(c1ccccc1OCC(F)(F)F)N1CCC(CO)CC1. The quantitative estimate of drug-likeness (QED) is 0.928. The number of likely N-dealkylation sites (tertiary alicyclic amines) is 1. The minimum Gasteiger partial charge on any atom is -0.483 e. The predicted octanol–water partition coefficient (Wildman–Crippen LogP) is 2.47. The van der Waals surface area contributed by atoms with Gasteiger partial charge in [0.25, 0.3) is 5.91 Å². The van der Waals surface area contributed by atoms with E-state index in [1.165, 1.54) is 18.2 Å². The van der Waals surface area contributed by atoms with Crippen molar-refractivity contribution in [1.29, 1.82) is 0 Å². The summed E-state index contributed by atoms with van der Waals surface area (Å²) in [6.45, 7) is -0.369. The van der Waals surface area contributed by atoms with E-state index in [2.05, 4.69) is 0 Å². The largest absolute Gasteiger partial charge is 0.483 e.